The first kappa shape index (κ1) is 15.7. The van der Waals surface area contributed by atoms with Gasteiger partial charge in [-0.25, -0.2) is 4.79 Å². The van der Waals surface area contributed by atoms with Gasteiger partial charge in [0.15, 0.2) is 5.78 Å². The van der Waals surface area contributed by atoms with E-state index < -0.39 is 35.1 Å². The molecule has 116 valence electrons. The summed E-state index contributed by atoms with van der Waals surface area (Å²) in [4.78, 5) is 37.6. The van der Waals surface area contributed by atoms with Crippen LogP contribution in [0.1, 0.15) is 39.0 Å². The molecule has 0 spiro atoms. The Labute approximate surface area is 121 Å². The SMILES string of the molecule is Cc1cn([C@H]2C[C@H](O)[C@@H](C(=O)C(C)(C)C)O2)c(=O)[nH]c1=O. The lowest BCUT2D eigenvalue weighted by atomic mass is 9.86. The average Bonchev–Trinajstić information content (AvgIpc) is 2.73. The predicted octanol–water partition coefficient (Wildman–Crippen LogP) is 0.109. The smallest absolute Gasteiger partial charge is 0.330 e. The average molecular weight is 296 g/mol. The van der Waals surface area contributed by atoms with Crippen LogP contribution in [0.3, 0.4) is 0 Å². The van der Waals surface area contributed by atoms with Crippen LogP contribution >= 0.6 is 0 Å². The molecule has 0 aliphatic carbocycles. The molecule has 2 rings (SSSR count). The predicted molar refractivity (Wildman–Crippen MR) is 75.1 cm³/mol. The monoisotopic (exact) mass is 296 g/mol. The summed E-state index contributed by atoms with van der Waals surface area (Å²) in [6.45, 7) is 6.80. The first-order chi connectivity index (χ1) is 9.61. The third-order valence-corrected chi connectivity index (χ3v) is 3.55. The molecule has 1 aliphatic rings. The van der Waals surface area contributed by atoms with Crippen molar-refractivity contribution in [1.29, 1.82) is 0 Å². The molecule has 2 heterocycles. The van der Waals surface area contributed by atoms with Crippen molar-refractivity contribution in [3.05, 3.63) is 32.6 Å². The van der Waals surface area contributed by atoms with Crippen molar-refractivity contribution in [3.8, 4) is 0 Å². The van der Waals surface area contributed by atoms with E-state index in [9.17, 15) is 19.5 Å². The van der Waals surface area contributed by atoms with E-state index in [1.807, 2.05) is 0 Å². The van der Waals surface area contributed by atoms with Crippen LogP contribution in [0.15, 0.2) is 15.8 Å². The summed E-state index contributed by atoms with van der Waals surface area (Å²) in [6, 6.07) is 0. The minimum atomic E-state index is -0.971. The molecular formula is C14H20N2O5. The number of aliphatic hydroxyl groups excluding tert-OH is 1. The molecule has 1 fully saturated rings. The number of hydrogen-bond donors (Lipinski definition) is 2. The second-order valence-corrected chi connectivity index (χ2v) is 6.41. The molecular weight excluding hydrogens is 276 g/mol. The van der Waals surface area contributed by atoms with E-state index in [2.05, 4.69) is 4.98 Å². The summed E-state index contributed by atoms with van der Waals surface area (Å²) in [7, 11) is 0. The maximum absolute atomic E-state index is 12.2. The fraction of sp³-hybridized carbons (Fsp3) is 0.643. The van der Waals surface area contributed by atoms with Crippen molar-refractivity contribution < 1.29 is 14.6 Å². The summed E-state index contributed by atoms with van der Waals surface area (Å²) in [6.07, 6.45) is -1.20. The quantitative estimate of drug-likeness (QED) is 0.806. The largest absolute Gasteiger partial charge is 0.390 e. The Morgan fingerprint density at radius 2 is 2.05 bits per heavy atom. The van der Waals surface area contributed by atoms with Gasteiger partial charge in [-0.3, -0.25) is 19.1 Å². The van der Waals surface area contributed by atoms with E-state index in [0.717, 1.165) is 0 Å². The molecule has 2 N–H and O–H groups in total. The van der Waals surface area contributed by atoms with Crippen molar-refractivity contribution in [2.45, 2.75) is 52.6 Å². The van der Waals surface area contributed by atoms with Gasteiger partial charge in [0.25, 0.3) is 5.56 Å². The number of hydrogen-bond acceptors (Lipinski definition) is 5. The normalized spacial score (nSPS) is 26.0. The minimum absolute atomic E-state index is 0.123. The number of carbonyl (C=O) groups is 1. The zero-order valence-corrected chi connectivity index (χ0v) is 12.5. The van der Waals surface area contributed by atoms with Crippen LogP contribution in [-0.2, 0) is 9.53 Å². The van der Waals surface area contributed by atoms with Crippen LogP contribution < -0.4 is 11.2 Å². The summed E-state index contributed by atoms with van der Waals surface area (Å²) < 4.78 is 6.77. The zero-order chi connectivity index (χ0) is 15.9. The molecule has 0 unspecified atom stereocenters. The number of carbonyl (C=O) groups excluding carboxylic acids is 1. The molecule has 21 heavy (non-hydrogen) atoms. The molecule has 0 bridgehead atoms. The molecule has 1 aliphatic heterocycles. The van der Waals surface area contributed by atoms with Crippen LogP contribution in [-0.4, -0.2) is 32.6 Å². The molecule has 7 nitrogen and oxygen atoms in total. The van der Waals surface area contributed by atoms with Gasteiger partial charge in [0.05, 0.1) is 6.10 Å². The number of ketones is 1. The van der Waals surface area contributed by atoms with Crippen molar-refractivity contribution in [2.75, 3.05) is 0 Å². The van der Waals surface area contributed by atoms with E-state index in [4.69, 9.17) is 4.74 Å². The number of Topliss-reactive ketones (excluding diaryl/α,β-unsaturated/α-hetero) is 1. The Morgan fingerprint density at radius 1 is 1.43 bits per heavy atom. The molecule has 1 aromatic heterocycles. The summed E-state index contributed by atoms with van der Waals surface area (Å²) in [5.74, 6) is -0.216. The number of aryl methyl sites for hydroxylation is 1. The first-order valence-corrected chi connectivity index (χ1v) is 6.81. The van der Waals surface area contributed by atoms with Gasteiger partial charge in [0.1, 0.15) is 12.3 Å². The number of aromatic nitrogens is 2. The number of aliphatic hydroxyl groups is 1. The third-order valence-electron chi connectivity index (χ3n) is 3.55. The van der Waals surface area contributed by atoms with Gasteiger partial charge in [-0.1, -0.05) is 20.8 Å². The van der Waals surface area contributed by atoms with Crippen molar-refractivity contribution in [2.24, 2.45) is 5.41 Å². The number of nitrogens with zero attached hydrogens (tertiary/aromatic N) is 1. The van der Waals surface area contributed by atoms with Gasteiger partial charge in [-0.15, -0.1) is 0 Å². The van der Waals surface area contributed by atoms with E-state index in [1.165, 1.54) is 10.8 Å². The van der Waals surface area contributed by atoms with Crippen LogP contribution in [0.25, 0.3) is 0 Å². The number of rotatable bonds is 2. The standard InChI is InChI=1S/C14H20N2O5/c1-7-6-16(13(20)15-12(7)19)9-5-8(17)10(21-9)11(18)14(2,3)4/h6,8-10,17H,5H2,1-4H3,(H,15,19,20)/t8-,9+,10-/m0/s1. The maximum atomic E-state index is 12.2. The lowest BCUT2D eigenvalue weighted by Crippen LogP contribution is -2.39. The van der Waals surface area contributed by atoms with Crippen LogP contribution in [0.2, 0.25) is 0 Å². The third kappa shape index (κ3) is 2.98. The zero-order valence-electron chi connectivity index (χ0n) is 12.5. The molecule has 3 atom stereocenters. The first-order valence-electron chi connectivity index (χ1n) is 6.81. The lowest BCUT2D eigenvalue weighted by Gasteiger charge is -2.23. The number of aromatic amines is 1. The van der Waals surface area contributed by atoms with E-state index >= 15 is 0 Å². The lowest BCUT2D eigenvalue weighted by molar-refractivity contribution is -0.143. The molecule has 0 aromatic carbocycles. The van der Waals surface area contributed by atoms with Crippen LogP contribution in [0, 0.1) is 12.3 Å². The summed E-state index contributed by atoms with van der Waals surface area (Å²) in [5, 5.41) is 10.0. The summed E-state index contributed by atoms with van der Waals surface area (Å²) >= 11 is 0. The highest BCUT2D eigenvalue weighted by atomic mass is 16.5. The number of ether oxygens (including phenoxy) is 1. The van der Waals surface area contributed by atoms with Crippen LogP contribution in [0.5, 0.6) is 0 Å². The van der Waals surface area contributed by atoms with Crippen molar-refractivity contribution in [1.82, 2.24) is 9.55 Å². The van der Waals surface area contributed by atoms with Gasteiger partial charge in [0.2, 0.25) is 0 Å². The Morgan fingerprint density at radius 3 is 2.62 bits per heavy atom. The molecule has 1 aromatic rings. The molecule has 0 saturated carbocycles. The maximum Gasteiger partial charge on any atom is 0.330 e. The van der Waals surface area contributed by atoms with Crippen molar-refractivity contribution >= 4 is 5.78 Å². The topological polar surface area (TPSA) is 101 Å². The fourth-order valence-corrected chi connectivity index (χ4v) is 2.29. The highest BCUT2D eigenvalue weighted by Crippen LogP contribution is 2.32. The Balaban J connectivity index is 2.30. The second-order valence-electron chi connectivity index (χ2n) is 6.41. The fourth-order valence-electron chi connectivity index (χ4n) is 2.29. The second kappa shape index (κ2) is 5.23. The molecule has 1 saturated heterocycles. The molecule has 0 amide bonds. The van der Waals surface area contributed by atoms with Crippen LogP contribution in [0.4, 0.5) is 0 Å². The van der Waals surface area contributed by atoms with E-state index in [-0.39, 0.29) is 12.2 Å². The highest BCUT2D eigenvalue weighted by molar-refractivity contribution is 5.88. The van der Waals surface area contributed by atoms with Gasteiger partial charge >= 0.3 is 5.69 Å². The molecule has 7 heteroatoms. The molecule has 0 radical (unpaired) electrons. The Hall–Kier alpha value is -1.73. The van der Waals surface area contributed by atoms with Gasteiger partial charge in [-0.2, -0.15) is 0 Å². The van der Waals surface area contributed by atoms with E-state index in [1.54, 1.807) is 27.7 Å². The Kier molecular flexibility index (Phi) is 3.90. The number of nitrogens with one attached hydrogen (secondary N) is 1. The summed E-state index contributed by atoms with van der Waals surface area (Å²) in [5.41, 5.74) is -1.37. The number of H-pyrrole nitrogens is 1. The van der Waals surface area contributed by atoms with Crippen molar-refractivity contribution in [3.63, 3.8) is 0 Å². The van der Waals surface area contributed by atoms with Gasteiger partial charge in [0, 0.05) is 23.6 Å². The van der Waals surface area contributed by atoms with Gasteiger partial charge < -0.3 is 9.84 Å². The minimum Gasteiger partial charge on any atom is -0.390 e. The highest BCUT2D eigenvalue weighted by Gasteiger charge is 2.43. The van der Waals surface area contributed by atoms with Gasteiger partial charge in [-0.05, 0) is 6.92 Å². The Bertz CT molecular complexity index is 667. The van der Waals surface area contributed by atoms with E-state index in [0.29, 0.717) is 5.56 Å².